The maximum absolute atomic E-state index is 12.1. The van der Waals surface area contributed by atoms with Crippen molar-refractivity contribution in [2.75, 3.05) is 25.0 Å². The fourth-order valence-electron chi connectivity index (χ4n) is 2.62. The van der Waals surface area contributed by atoms with Gasteiger partial charge in [0, 0.05) is 12.2 Å². The highest BCUT2D eigenvalue weighted by Crippen LogP contribution is 2.20. The Morgan fingerprint density at radius 3 is 2.31 bits per heavy atom. The Bertz CT molecular complexity index is 698. The minimum Gasteiger partial charge on any atom is -0.483 e. The van der Waals surface area contributed by atoms with Crippen LogP contribution in [0.5, 0.6) is 5.75 Å². The molecule has 0 saturated carbocycles. The lowest BCUT2D eigenvalue weighted by Gasteiger charge is -2.18. The van der Waals surface area contributed by atoms with E-state index in [9.17, 15) is 4.79 Å². The number of aryl methyl sites for hydroxylation is 1. The molecule has 2 aromatic rings. The van der Waals surface area contributed by atoms with E-state index in [1.165, 1.54) is 5.56 Å². The van der Waals surface area contributed by atoms with Gasteiger partial charge in [0.05, 0.1) is 0 Å². The minimum atomic E-state index is -0.155. The van der Waals surface area contributed by atoms with Gasteiger partial charge in [0.2, 0.25) is 0 Å². The van der Waals surface area contributed by atoms with Gasteiger partial charge in [-0.05, 0) is 61.8 Å². The standard InChI is InChI=1S/C21H28N2O2.ClH/c1-5-23(6-2)14-18-10-12-19(13-11-18)22-21(24)15-25-20-9-7-8-16(3)17(20)4;/h7-13H,5-6,14-15H2,1-4H3,(H,22,24);1H. The molecule has 5 heteroatoms. The second-order valence-corrected chi connectivity index (χ2v) is 6.19. The SMILES string of the molecule is CCN(CC)Cc1ccc(NC(=O)COc2cccc(C)c2C)cc1.Cl. The lowest BCUT2D eigenvalue weighted by atomic mass is 10.1. The number of carbonyl (C=O) groups is 1. The third-order valence-corrected chi connectivity index (χ3v) is 4.45. The maximum Gasteiger partial charge on any atom is 0.262 e. The van der Waals surface area contributed by atoms with Crippen LogP contribution in [0, 0.1) is 13.8 Å². The van der Waals surface area contributed by atoms with Crippen LogP contribution in [-0.2, 0) is 11.3 Å². The molecular formula is C21H29ClN2O2. The molecule has 0 spiro atoms. The van der Waals surface area contributed by atoms with E-state index in [-0.39, 0.29) is 24.9 Å². The smallest absolute Gasteiger partial charge is 0.262 e. The number of halogens is 1. The highest BCUT2D eigenvalue weighted by atomic mass is 35.5. The van der Waals surface area contributed by atoms with Crippen molar-refractivity contribution in [1.82, 2.24) is 4.90 Å². The molecule has 0 fully saturated rings. The third kappa shape index (κ3) is 6.36. The Kier molecular flexibility index (Phi) is 9.17. The highest BCUT2D eigenvalue weighted by Gasteiger charge is 2.07. The average Bonchev–Trinajstić information content (AvgIpc) is 2.62. The van der Waals surface area contributed by atoms with E-state index in [4.69, 9.17) is 4.74 Å². The van der Waals surface area contributed by atoms with E-state index in [0.717, 1.165) is 42.2 Å². The summed E-state index contributed by atoms with van der Waals surface area (Å²) in [6.45, 7) is 11.3. The van der Waals surface area contributed by atoms with Gasteiger partial charge in [0.1, 0.15) is 5.75 Å². The van der Waals surface area contributed by atoms with Crippen molar-refractivity contribution in [3.05, 3.63) is 59.2 Å². The van der Waals surface area contributed by atoms with E-state index >= 15 is 0 Å². The number of anilines is 1. The molecule has 2 rings (SSSR count). The molecule has 0 aliphatic heterocycles. The van der Waals surface area contributed by atoms with Gasteiger partial charge in [-0.3, -0.25) is 9.69 Å². The molecule has 0 radical (unpaired) electrons. The van der Waals surface area contributed by atoms with Crippen molar-refractivity contribution < 1.29 is 9.53 Å². The Balaban J connectivity index is 0.00000338. The largest absolute Gasteiger partial charge is 0.483 e. The second kappa shape index (κ2) is 10.8. The van der Waals surface area contributed by atoms with Crippen LogP contribution in [0.15, 0.2) is 42.5 Å². The number of nitrogens with one attached hydrogen (secondary N) is 1. The van der Waals surface area contributed by atoms with Gasteiger partial charge in [0.25, 0.3) is 5.91 Å². The van der Waals surface area contributed by atoms with Crippen molar-refractivity contribution in [1.29, 1.82) is 0 Å². The molecule has 142 valence electrons. The number of carbonyl (C=O) groups excluding carboxylic acids is 1. The molecule has 1 amide bonds. The number of ether oxygens (including phenoxy) is 1. The zero-order valence-corrected chi connectivity index (χ0v) is 16.9. The van der Waals surface area contributed by atoms with Gasteiger partial charge in [-0.25, -0.2) is 0 Å². The van der Waals surface area contributed by atoms with Gasteiger partial charge in [-0.2, -0.15) is 0 Å². The zero-order valence-electron chi connectivity index (χ0n) is 16.0. The van der Waals surface area contributed by atoms with Crippen LogP contribution < -0.4 is 10.1 Å². The number of rotatable bonds is 8. The molecule has 0 aliphatic rings. The Morgan fingerprint density at radius 2 is 1.69 bits per heavy atom. The first-order valence-corrected chi connectivity index (χ1v) is 8.83. The summed E-state index contributed by atoms with van der Waals surface area (Å²) in [5.41, 5.74) is 4.25. The fraction of sp³-hybridized carbons (Fsp3) is 0.381. The summed E-state index contributed by atoms with van der Waals surface area (Å²) >= 11 is 0. The average molecular weight is 377 g/mol. The summed E-state index contributed by atoms with van der Waals surface area (Å²) in [6, 6.07) is 13.8. The number of hydrogen-bond acceptors (Lipinski definition) is 3. The molecule has 26 heavy (non-hydrogen) atoms. The summed E-state index contributed by atoms with van der Waals surface area (Å²) in [5, 5.41) is 2.88. The molecule has 0 atom stereocenters. The van der Waals surface area contributed by atoms with Crippen molar-refractivity contribution in [2.45, 2.75) is 34.2 Å². The molecule has 0 bridgehead atoms. The fourth-order valence-corrected chi connectivity index (χ4v) is 2.62. The predicted octanol–water partition coefficient (Wildman–Crippen LogP) is 4.58. The number of benzene rings is 2. The molecular weight excluding hydrogens is 348 g/mol. The first-order valence-electron chi connectivity index (χ1n) is 8.83. The topological polar surface area (TPSA) is 41.6 Å². The Hall–Kier alpha value is -2.04. The Labute approximate surface area is 163 Å². The van der Waals surface area contributed by atoms with Crippen molar-refractivity contribution in [2.24, 2.45) is 0 Å². The molecule has 1 N–H and O–H groups in total. The molecule has 0 unspecified atom stereocenters. The van der Waals surface area contributed by atoms with Crippen LogP contribution in [0.25, 0.3) is 0 Å². The van der Waals surface area contributed by atoms with Gasteiger partial charge >= 0.3 is 0 Å². The van der Waals surface area contributed by atoms with E-state index in [1.54, 1.807) is 0 Å². The van der Waals surface area contributed by atoms with Crippen LogP contribution >= 0.6 is 12.4 Å². The molecule has 2 aromatic carbocycles. The first-order chi connectivity index (χ1) is 12.0. The Morgan fingerprint density at radius 1 is 1.04 bits per heavy atom. The van der Waals surface area contributed by atoms with E-state index in [0.29, 0.717) is 0 Å². The molecule has 0 saturated heterocycles. The number of hydrogen-bond donors (Lipinski definition) is 1. The van der Waals surface area contributed by atoms with Gasteiger partial charge < -0.3 is 10.1 Å². The van der Waals surface area contributed by atoms with Gasteiger partial charge in [0.15, 0.2) is 6.61 Å². The molecule has 4 nitrogen and oxygen atoms in total. The van der Waals surface area contributed by atoms with Crippen molar-refractivity contribution in [3.8, 4) is 5.75 Å². The highest BCUT2D eigenvalue weighted by molar-refractivity contribution is 5.91. The second-order valence-electron chi connectivity index (χ2n) is 6.19. The van der Waals surface area contributed by atoms with Crippen molar-refractivity contribution in [3.63, 3.8) is 0 Å². The van der Waals surface area contributed by atoms with Crippen LogP contribution in [0.2, 0.25) is 0 Å². The summed E-state index contributed by atoms with van der Waals surface area (Å²) in [6.07, 6.45) is 0. The lowest BCUT2D eigenvalue weighted by Crippen LogP contribution is -2.22. The third-order valence-electron chi connectivity index (χ3n) is 4.45. The monoisotopic (exact) mass is 376 g/mol. The van der Waals surface area contributed by atoms with Gasteiger partial charge in [-0.15, -0.1) is 12.4 Å². The van der Waals surface area contributed by atoms with Crippen LogP contribution in [0.4, 0.5) is 5.69 Å². The summed E-state index contributed by atoms with van der Waals surface area (Å²) < 4.78 is 5.64. The summed E-state index contributed by atoms with van der Waals surface area (Å²) in [4.78, 5) is 14.4. The lowest BCUT2D eigenvalue weighted by molar-refractivity contribution is -0.118. The minimum absolute atomic E-state index is 0. The molecule has 0 aromatic heterocycles. The summed E-state index contributed by atoms with van der Waals surface area (Å²) in [5.74, 6) is 0.599. The van der Waals surface area contributed by atoms with Crippen molar-refractivity contribution >= 4 is 24.0 Å². The maximum atomic E-state index is 12.1. The van der Waals surface area contributed by atoms with Crippen LogP contribution in [0.3, 0.4) is 0 Å². The molecule has 0 aliphatic carbocycles. The number of amides is 1. The number of nitrogens with zero attached hydrogens (tertiary/aromatic N) is 1. The predicted molar refractivity (Wildman–Crippen MR) is 110 cm³/mol. The summed E-state index contributed by atoms with van der Waals surface area (Å²) in [7, 11) is 0. The van der Waals surface area contributed by atoms with E-state index in [1.807, 2.05) is 44.2 Å². The van der Waals surface area contributed by atoms with Gasteiger partial charge in [-0.1, -0.05) is 38.1 Å². The van der Waals surface area contributed by atoms with E-state index in [2.05, 4.69) is 36.2 Å². The van der Waals surface area contributed by atoms with Crippen LogP contribution in [-0.4, -0.2) is 30.5 Å². The first kappa shape index (κ1) is 22.0. The van der Waals surface area contributed by atoms with Crippen LogP contribution in [0.1, 0.15) is 30.5 Å². The van der Waals surface area contributed by atoms with E-state index < -0.39 is 0 Å². The molecule has 0 heterocycles. The zero-order chi connectivity index (χ0) is 18.2. The quantitative estimate of drug-likeness (QED) is 0.732. The normalized spacial score (nSPS) is 10.3.